The minimum Gasteiger partial charge on any atom is -0.481 e. The Bertz CT molecular complexity index is 1560. The van der Waals surface area contributed by atoms with Gasteiger partial charge < -0.3 is 20.3 Å². The average molecular weight is 533 g/mol. The molecule has 9 nitrogen and oxygen atoms in total. The van der Waals surface area contributed by atoms with Crippen LogP contribution in [0.2, 0.25) is 5.02 Å². The van der Waals surface area contributed by atoms with Gasteiger partial charge in [0.25, 0.3) is 11.5 Å². The number of aryl methyl sites for hydroxylation is 1. The van der Waals surface area contributed by atoms with Crippen LogP contribution in [0.1, 0.15) is 34.0 Å². The van der Waals surface area contributed by atoms with Gasteiger partial charge in [-0.15, -0.1) is 0 Å². The van der Waals surface area contributed by atoms with E-state index in [0.717, 1.165) is 5.56 Å². The van der Waals surface area contributed by atoms with Gasteiger partial charge in [0.15, 0.2) is 0 Å². The molecule has 0 fully saturated rings. The largest absolute Gasteiger partial charge is 0.481 e. The van der Waals surface area contributed by atoms with Crippen molar-refractivity contribution in [1.82, 2.24) is 15.2 Å². The van der Waals surface area contributed by atoms with Crippen LogP contribution in [-0.4, -0.2) is 39.4 Å². The van der Waals surface area contributed by atoms with Crippen LogP contribution in [0.25, 0.3) is 0 Å². The Morgan fingerprint density at radius 2 is 1.76 bits per heavy atom. The first-order valence-corrected chi connectivity index (χ1v) is 12.4. The van der Waals surface area contributed by atoms with E-state index in [2.05, 4.69) is 10.3 Å². The van der Waals surface area contributed by atoms with E-state index >= 15 is 0 Å². The molecular weight excluding hydrogens is 508 g/mol. The van der Waals surface area contributed by atoms with Crippen LogP contribution in [0.5, 0.6) is 0 Å². The van der Waals surface area contributed by atoms with E-state index in [1.165, 1.54) is 4.90 Å². The summed E-state index contributed by atoms with van der Waals surface area (Å²) in [5, 5.41) is 12.2. The molecule has 0 aliphatic carbocycles. The predicted molar refractivity (Wildman–Crippen MR) is 142 cm³/mol. The molecule has 194 valence electrons. The first kappa shape index (κ1) is 25.3. The number of carboxylic acids is 1. The highest BCUT2D eigenvalue weighted by Crippen LogP contribution is 2.41. The Morgan fingerprint density at radius 3 is 2.47 bits per heavy atom. The van der Waals surface area contributed by atoms with Gasteiger partial charge in [0.05, 0.1) is 36.0 Å². The summed E-state index contributed by atoms with van der Waals surface area (Å²) in [5.74, 6) is -1.24. The monoisotopic (exact) mass is 532 g/mol. The zero-order chi connectivity index (χ0) is 27.1. The lowest BCUT2D eigenvalue weighted by Crippen LogP contribution is -2.48. The molecule has 10 heteroatoms. The molecule has 0 saturated heterocycles. The van der Waals surface area contributed by atoms with Crippen molar-refractivity contribution in [3.05, 3.63) is 109 Å². The number of hydrogen-bond donors (Lipinski definition) is 3. The number of urea groups is 1. The van der Waals surface area contributed by atoms with Crippen LogP contribution in [0, 0.1) is 13.8 Å². The summed E-state index contributed by atoms with van der Waals surface area (Å²) in [4.78, 5) is 56.9. The quantitative estimate of drug-likeness (QED) is 0.445. The molecule has 3 aromatic rings. The molecule has 3 N–H and O–H groups in total. The van der Waals surface area contributed by atoms with Crippen molar-refractivity contribution in [2.75, 3.05) is 11.4 Å². The highest BCUT2D eigenvalue weighted by molar-refractivity contribution is 6.31. The van der Waals surface area contributed by atoms with Crippen molar-refractivity contribution in [2.24, 2.45) is 0 Å². The number of aromatic amines is 1. The second-order valence-electron chi connectivity index (χ2n) is 9.40. The second kappa shape index (κ2) is 9.83. The molecule has 0 bridgehead atoms. The van der Waals surface area contributed by atoms with Gasteiger partial charge >= 0.3 is 12.0 Å². The number of carbonyl (C=O) groups excluding carboxylic acids is 2. The smallest absolute Gasteiger partial charge is 0.327 e. The van der Waals surface area contributed by atoms with Gasteiger partial charge in [-0.3, -0.25) is 19.3 Å². The number of halogens is 1. The molecule has 0 saturated carbocycles. The highest BCUT2D eigenvalue weighted by atomic mass is 35.5. The lowest BCUT2D eigenvalue weighted by molar-refractivity contribution is -0.136. The van der Waals surface area contributed by atoms with E-state index < -0.39 is 23.6 Å². The third-order valence-corrected chi connectivity index (χ3v) is 7.32. The van der Waals surface area contributed by atoms with Crippen LogP contribution in [0.4, 0.5) is 10.5 Å². The maximum absolute atomic E-state index is 13.9. The number of H-pyrrole nitrogens is 1. The fourth-order valence-electron chi connectivity index (χ4n) is 5.19. The Labute approximate surface area is 223 Å². The summed E-state index contributed by atoms with van der Waals surface area (Å²) >= 11 is 6.28. The van der Waals surface area contributed by atoms with Crippen molar-refractivity contribution in [2.45, 2.75) is 32.9 Å². The summed E-state index contributed by atoms with van der Waals surface area (Å²) < 4.78 is 0. The molecule has 38 heavy (non-hydrogen) atoms. The molecule has 1 atom stereocenters. The number of carbonyl (C=O) groups is 3. The third-order valence-electron chi connectivity index (χ3n) is 6.87. The van der Waals surface area contributed by atoms with Crippen LogP contribution in [-0.2, 0) is 22.6 Å². The molecular formula is C28H25ClN4O5. The van der Waals surface area contributed by atoms with Crippen molar-refractivity contribution in [3.63, 3.8) is 0 Å². The molecule has 3 amide bonds. The fraction of sp³-hybridized carbons (Fsp3) is 0.214. The first-order valence-electron chi connectivity index (χ1n) is 12.0. The van der Waals surface area contributed by atoms with E-state index in [4.69, 9.17) is 11.6 Å². The van der Waals surface area contributed by atoms with Gasteiger partial charge in [0, 0.05) is 17.8 Å². The van der Waals surface area contributed by atoms with E-state index in [-0.39, 0.29) is 23.9 Å². The number of carboxylic acid groups (broad SMARTS) is 1. The number of benzene rings is 2. The van der Waals surface area contributed by atoms with E-state index in [1.807, 2.05) is 30.3 Å². The molecule has 5 rings (SSSR count). The Balaban J connectivity index is 1.64. The maximum Gasteiger partial charge on any atom is 0.327 e. The summed E-state index contributed by atoms with van der Waals surface area (Å²) in [7, 11) is 0. The van der Waals surface area contributed by atoms with E-state index in [0.29, 0.717) is 45.9 Å². The number of amides is 3. The minimum atomic E-state index is -0.990. The number of pyridine rings is 1. The molecule has 2 aromatic carbocycles. The van der Waals surface area contributed by atoms with Crippen LogP contribution in [0.15, 0.2) is 70.7 Å². The molecule has 0 radical (unpaired) electrons. The normalized spacial score (nSPS) is 17.1. The van der Waals surface area contributed by atoms with Crippen molar-refractivity contribution in [1.29, 1.82) is 0 Å². The van der Waals surface area contributed by atoms with Crippen LogP contribution in [0.3, 0.4) is 0 Å². The van der Waals surface area contributed by atoms with E-state index in [1.54, 1.807) is 43.0 Å². The first-order chi connectivity index (χ1) is 18.2. The average Bonchev–Trinajstić information content (AvgIpc) is 3.18. The third kappa shape index (κ3) is 4.45. The number of nitrogens with one attached hydrogen (secondary N) is 2. The molecule has 2 aliphatic heterocycles. The van der Waals surface area contributed by atoms with Gasteiger partial charge in [0.2, 0.25) is 0 Å². The van der Waals surface area contributed by atoms with Gasteiger partial charge in [-0.25, -0.2) is 4.79 Å². The second-order valence-corrected chi connectivity index (χ2v) is 9.78. The molecule has 3 heterocycles. The molecule has 2 aliphatic rings. The zero-order valence-corrected chi connectivity index (χ0v) is 21.5. The predicted octanol–water partition coefficient (Wildman–Crippen LogP) is 3.84. The standard InChI is InChI=1S/C28H25ClN4O5/c1-15-22(16(2)30-26(36)24(15)29)25-23-20(14-32(27(23)37)13-17-7-4-3-5-8-17)33(28(38)31-25)19-10-6-9-18(11-19)12-21(34)35/h3-11,25H,12-14H2,1-2H3,(H,30,36)(H,31,38)(H,34,35). The Kier molecular flexibility index (Phi) is 6.54. The summed E-state index contributed by atoms with van der Waals surface area (Å²) in [6.07, 6.45) is -0.203. The number of aliphatic carboxylic acids is 1. The topological polar surface area (TPSA) is 123 Å². The van der Waals surface area contributed by atoms with Gasteiger partial charge in [-0.05, 0) is 42.7 Å². The number of hydrogen-bond acceptors (Lipinski definition) is 4. The molecule has 0 spiro atoms. The number of nitrogens with zero attached hydrogens (tertiary/aromatic N) is 2. The van der Waals surface area contributed by atoms with E-state index in [9.17, 15) is 24.3 Å². The Morgan fingerprint density at radius 1 is 1.05 bits per heavy atom. The highest BCUT2D eigenvalue weighted by Gasteiger charge is 2.45. The number of rotatable bonds is 6. The maximum atomic E-state index is 13.9. The van der Waals surface area contributed by atoms with Crippen molar-refractivity contribution in [3.8, 4) is 0 Å². The molecule has 1 aromatic heterocycles. The van der Waals surface area contributed by atoms with Gasteiger partial charge in [0.1, 0.15) is 5.02 Å². The number of anilines is 1. The fourth-order valence-corrected chi connectivity index (χ4v) is 5.34. The van der Waals surface area contributed by atoms with Gasteiger partial charge in [-0.2, -0.15) is 0 Å². The lowest BCUT2D eigenvalue weighted by Gasteiger charge is -2.34. The lowest BCUT2D eigenvalue weighted by atomic mass is 9.91. The summed E-state index contributed by atoms with van der Waals surface area (Å²) in [6.45, 7) is 3.90. The van der Waals surface area contributed by atoms with Crippen molar-refractivity contribution < 1.29 is 19.5 Å². The van der Waals surface area contributed by atoms with Crippen LogP contribution >= 0.6 is 11.6 Å². The van der Waals surface area contributed by atoms with Crippen LogP contribution < -0.4 is 15.8 Å². The zero-order valence-electron chi connectivity index (χ0n) is 20.7. The SMILES string of the molecule is Cc1[nH]c(=O)c(Cl)c(C)c1C1NC(=O)N(c2cccc(CC(=O)O)c2)C2=C1C(=O)N(Cc1ccccc1)C2. The summed E-state index contributed by atoms with van der Waals surface area (Å²) in [6, 6.07) is 14.9. The minimum absolute atomic E-state index is 0.00242. The van der Waals surface area contributed by atoms with Crippen molar-refractivity contribution >= 4 is 35.2 Å². The Hall–Kier alpha value is -4.37. The summed E-state index contributed by atoms with van der Waals surface area (Å²) in [5.41, 5.74) is 3.88. The number of aromatic nitrogens is 1. The van der Waals surface area contributed by atoms with Gasteiger partial charge in [-0.1, -0.05) is 54.1 Å². The molecule has 1 unspecified atom stereocenters.